The van der Waals surface area contributed by atoms with Crippen LogP contribution in [0, 0.1) is 11.2 Å². The van der Waals surface area contributed by atoms with Gasteiger partial charge in [0, 0.05) is 19.8 Å². The molecule has 0 spiro atoms. The first-order valence-corrected chi connectivity index (χ1v) is 7.25. The number of benzene rings is 1. The molecule has 1 N–H and O–H groups in total. The van der Waals surface area contributed by atoms with Gasteiger partial charge in [-0.2, -0.15) is 0 Å². The zero-order valence-corrected chi connectivity index (χ0v) is 12.1. The van der Waals surface area contributed by atoms with Crippen molar-refractivity contribution in [1.82, 2.24) is 5.32 Å². The first kappa shape index (κ1) is 14.8. The summed E-state index contributed by atoms with van der Waals surface area (Å²) in [5.74, 6) is -0.349. The summed E-state index contributed by atoms with van der Waals surface area (Å²) in [6.45, 7) is 5.66. The lowest BCUT2D eigenvalue weighted by molar-refractivity contribution is 0.0152. The average molecular weight is 286 g/mol. The van der Waals surface area contributed by atoms with E-state index in [0.29, 0.717) is 0 Å². The van der Waals surface area contributed by atoms with E-state index in [4.69, 9.17) is 16.3 Å². The van der Waals surface area contributed by atoms with Gasteiger partial charge in [-0.25, -0.2) is 4.39 Å². The lowest BCUT2D eigenvalue weighted by atomic mass is 9.75. The van der Waals surface area contributed by atoms with Crippen molar-refractivity contribution in [2.24, 2.45) is 5.41 Å². The fraction of sp³-hybridized carbons (Fsp3) is 0.600. The summed E-state index contributed by atoms with van der Waals surface area (Å²) < 4.78 is 18.7. The van der Waals surface area contributed by atoms with Crippen molar-refractivity contribution in [3.8, 4) is 0 Å². The summed E-state index contributed by atoms with van der Waals surface area (Å²) in [4.78, 5) is 0. The highest BCUT2D eigenvalue weighted by atomic mass is 35.5. The van der Waals surface area contributed by atoms with Crippen LogP contribution < -0.4 is 5.32 Å². The van der Waals surface area contributed by atoms with Crippen molar-refractivity contribution < 1.29 is 9.13 Å². The van der Waals surface area contributed by atoms with Gasteiger partial charge in [0.15, 0.2) is 0 Å². The van der Waals surface area contributed by atoms with Crippen molar-refractivity contribution in [2.75, 3.05) is 26.3 Å². The molecule has 0 aliphatic carbocycles. The third-order valence-electron chi connectivity index (χ3n) is 3.87. The summed E-state index contributed by atoms with van der Waals surface area (Å²) in [6, 6.07) is 5.04. The molecule has 2 nitrogen and oxygen atoms in total. The van der Waals surface area contributed by atoms with Gasteiger partial charge in [-0.05, 0) is 48.9 Å². The Bertz CT molecular complexity index is 419. The van der Waals surface area contributed by atoms with Gasteiger partial charge in [-0.1, -0.05) is 24.6 Å². The van der Waals surface area contributed by atoms with Crippen LogP contribution in [-0.4, -0.2) is 26.3 Å². The molecule has 1 heterocycles. The monoisotopic (exact) mass is 285 g/mol. The van der Waals surface area contributed by atoms with Crippen molar-refractivity contribution in [2.45, 2.75) is 26.2 Å². The van der Waals surface area contributed by atoms with Crippen molar-refractivity contribution in [1.29, 1.82) is 0 Å². The van der Waals surface area contributed by atoms with E-state index < -0.39 is 0 Å². The Morgan fingerprint density at radius 1 is 1.37 bits per heavy atom. The molecule has 1 fully saturated rings. The summed E-state index contributed by atoms with van der Waals surface area (Å²) in [5, 5.41) is 3.65. The first-order valence-electron chi connectivity index (χ1n) is 6.88. The van der Waals surface area contributed by atoms with E-state index in [2.05, 4.69) is 12.2 Å². The zero-order valence-electron chi connectivity index (χ0n) is 11.3. The maximum atomic E-state index is 13.2. The summed E-state index contributed by atoms with van der Waals surface area (Å²) in [6.07, 6.45) is 2.99. The molecule has 0 atom stereocenters. The number of halogens is 2. The van der Waals surface area contributed by atoms with Crippen LogP contribution in [0.4, 0.5) is 4.39 Å². The number of nitrogens with one attached hydrogen (secondary N) is 1. The molecule has 1 aliphatic rings. The van der Waals surface area contributed by atoms with Crippen molar-refractivity contribution >= 4 is 11.6 Å². The van der Waals surface area contributed by atoms with Crippen molar-refractivity contribution in [3.05, 3.63) is 34.6 Å². The molecule has 0 unspecified atom stereocenters. The molecule has 0 saturated carbocycles. The van der Waals surface area contributed by atoms with Gasteiger partial charge in [0.25, 0.3) is 0 Å². The van der Waals surface area contributed by atoms with Crippen LogP contribution in [-0.2, 0) is 11.2 Å². The molecule has 1 aliphatic heterocycles. The molecule has 1 aromatic rings. The van der Waals surface area contributed by atoms with Gasteiger partial charge < -0.3 is 10.1 Å². The number of rotatable bonds is 5. The quantitative estimate of drug-likeness (QED) is 0.895. The topological polar surface area (TPSA) is 21.3 Å². The van der Waals surface area contributed by atoms with Gasteiger partial charge in [-0.15, -0.1) is 0 Å². The van der Waals surface area contributed by atoms with Crippen LogP contribution in [0.15, 0.2) is 18.2 Å². The Labute approximate surface area is 119 Å². The molecule has 4 heteroatoms. The van der Waals surface area contributed by atoms with Crippen LogP contribution in [0.2, 0.25) is 5.02 Å². The van der Waals surface area contributed by atoms with Crippen LogP contribution in [0.25, 0.3) is 0 Å². The number of hydrogen-bond donors (Lipinski definition) is 1. The maximum Gasteiger partial charge on any atom is 0.141 e. The second-order valence-electron chi connectivity index (χ2n) is 5.32. The molecule has 0 aromatic heterocycles. The molecular formula is C15H21ClFNO. The summed E-state index contributed by atoms with van der Waals surface area (Å²) >= 11 is 5.87. The smallest absolute Gasteiger partial charge is 0.141 e. The fourth-order valence-corrected chi connectivity index (χ4v) is 2.90. The predicted octanol–water partition coefficient (Wildman–Crippen LogP) is 3.43. The van der Waals surface area contributed by atoms with Crippen LogP contribution in [0.3, 0.4) is 0 Å². The lowest BCUT2D eigenvalue weighted by Gasteiger charge is -2.37. The zero-order chi connectivity index (χ0) is 13.7. The highest BCUT2D eigenvalue weighted by Gasteiger charge is 2.32. The van der Waals surface area contributed by atoms with Gasteiger partial charge in [-0.3, -0.25) is 0 Å². The van der Waals surface area contributed by atoms with Crippen molar-refractivity contribution in [3.63, 3.8) is 0 Å². The standard InChI is InChI=1S/C15H21ClFNO/c1-2-18-11-15(5-7-19-8-6-15)10-12-3-4-14(17)13(16)9-12/h3-4,9,18H,2,5-8,10-11H2,1H3. The Kier molecular flexibility index (Phi) is 5.20. The summed E-state index contributed by atoms with van der Waals surface area (Å²) in [5.41, 5.74) is 1.31. The minimum atomic E-state index is -0.349. The number of ether oxygens (including phenoxy) is 1. The minimum Gasteiger partial charge on any atom is -0.381 e. The number of hydrogen-bond acceptors (Lipinski definition) is 2. The Balaban J connectivity index is 2.12. The molecule has 19 heavy (non-hydrogen) atoms. The lowest BCUT2D eigenvalue weighted by Crippen LogP contribution is -2.40. The Morgan fingerprint density at radius 3 is 2.74 bits per heavy atom. The predicted molar refractivity (Wildman–Crippen MR) is 76.1 cm³/mol. The normalized spacial score (nSPS) is 18.5. The molecule has 1 aromatic carbocycles. The molecule has 0 amide bonds. The van der Waals surface area contributed by atoms with E-state index in [9.17, 15) is 4.39 Å². The van der Waals surface area contributed by atoms with Gasteiger partial charge in [0.2, 0.25) is 0 Å². The Hall–Kier alpha value is -0.640. The van der Waals surface area contributed by atoms with E-state index in [1.165, 1.54) is 6.07 Å². The van der Waals surface area contributed by atoms with E-state index in [-0.39, 0.29) is 16.3 Å². The van der Waals surface area contributed by atoms with Gasteiger partial charge in [0.1, 0.15) is 5.82 Å². The molecule has 1 saturated heterocycles. The highest BCUT2D eigenvalue weighted by molar-refractivity contribution is 6.30. The fourth-order valence-electron chi connectivity index (χ4n) is 2.69. The molecular weight excluding hydrogens is 265 g/mol. The molecule has 2 rings (SSSR count). The highest BCUT2D eigenvalue weighted by Crippen LogP contribution is 2.34. The summed E-state index contributed by atoms with van der Waals surface area (Å²) in [7, 11) is 0. The largest absolute Gasteiger partial charge is 0.381 e. The second kappa shape index (κ2) is 6.69. The van der Waals surface area contributed by atoms with E-state index >= 15 is 0 Å². The molecule has 0 radical (unpaired) electrons. The maximum absolute atomic E-state index is 13.2. The molecule has 0 bridgehead atoms. The third-order valence-corrected chi connectivity index (χ3v) is 4.16. The SMILES string of the molecule is CCNCC1(Cc2ccc(F)c(Cl)c2)CCOCC1. The molecule has 106 valence electrons. The second-order valence-corrected chi connectivity index (χ2v) is 5.73. The minimum absolute atomic E-state index is 0.204. The first-order chi connectivity index (χ1) is 9.15. The van der Waals surface area contributed by atoms with E-state index in [1.54, 1.807) is 6.07 Å². The van der Waals surface area contributed by atoms with E-state index in [1.807, 2.05) is 6.07 Å². The average Bonchev–Trinajstić information content (AvgIpc) is 2.42. The van der Waals surface area contributed by atoms with Crippen LogP contribution >= 0.6 is 11.6 Å². The van der Waals surface area contributed by atoms with E-state index in [0.717, 1.165) is 51.1 Å². The van der Waals surface area contributed by atoms with Gasteiger partial charge >= 0.3 is 0 Å². The third kappa shape index (κ3) is 3.91. The van der Waals surface area contributed by atoms with Crippen LogP contribution in [0.5, 0.6) is 0 Å². The Morgan fingerprint density at radius 2 is 2.11 bits per heavy atom. The van der Waals surface area contributed by atoms with Gasteiger partial charge in [0.05, 0.1) is 5.02 Å². The van der Waals surface area contributed by atoms with Crippen LogP contribution in [0.1, 0.15) is 25.3 Å².